The van der Waals surface area contributed by atoms with E-state index in [0.717, 1.165) is 24.5 Å². The van der Waals surface area contributed by atoms with Gasteiger partial charge in [-0.15, -0.1) is 0 Å². The molecule has 0 radical (unpaired) electrons. The summed E-state index contributed by atoms with van der Waals surface area (Å²) in [6.45, 7) is 3.88. The van der Waals surface area contributed by atoms with Crippen molar-refractivity contribution in [3.8, 4) is 0 Å². The zero-order valence-electron chi connectivity index (χ0n) is 17.8. The number of piperidine rings is 1. The number of para-hydroxylation sites is 2. The van der Waals surface area contributed by atoms with Gasteiger partial charge >= 0.3 is 0 Å². The van der Waals surface area contributed by atoms with Crippen LogP contribution < -0.4 is 15.5 Å². The van der Waals surface area contributed by atoms with Gasteiger partial charge in [-0.2, -0.15) is 0 Å². The van der Waals surface area contributed by atoms with Crippen molar-refractivity contribution in [2.24, 2.45) is 0 Å². The summed E-state index contributed by atoms with van der Waals surface area (Å²) in [6.07, 6.45) is 3.62. The van der Waals surface area contributed by atoms with E-state index in [1.807, 2.05) is 18.2 Å². The van der Waals surface area contributed by atoms with Crippen molar-refractivity contribution in [1.82, 2.24) is 4.31 Å². The van der Waals surface area contributed by atoms with Gasteiger partial charge in [-0.1, -0.05) is 18.2 Å². The van der Waals surface area contributed by atoms with Crippen LogP contribution in [0.15, 0.2) is 47.4 Å². The lowest BCUT2D eigenvalue weighted by Crippen LogP contribution is -2.30. The van der Waals surface area contributed by atoms with E-state index in [1.165, 1.54) is 43.7 Å². The third-order valence-electron chi connectivity index (χ3n) is 5.27. The molecule has 0 unspecified atom stereocenters. The maximum absolute atomic E-state index is 12.5. The number of carbonyl (C=O) groups excluding carboxylic acids is 1. The van der Waals surface area contributed by atoms with Gasteiger partial charge in [0.1, 0.15) is 0 Å². The van der Waals surface area contributed by atoms with Crippen LogP contribution in [0.4, 0.5) is 17.1 Å². The number of anilines is 3. The third kappa shape index (κ3) is 5.12. The Kier molecular flexibility index (Phi) is 6.99. The van der Waals surface area contributed by atoms with Crippen LogP contribution in [0.3, 0.4) is 0 Å². The summed E-state index contributed by atoms with van der Waals surface area (Å²) in [4.78, 5) is 15.0. The quantitative estimate of drug-likeness (QED) is 0.704. The molecule has 0 bridgehead atoms. The molecule has 8 heteroatoms. The summed E-state index contributed by atoms with van der Waals surface area (Å²) in [5, 5.41) is 6.02. The molecule has 2 aromatic rings. The Morgan fingerprint density at radius 1 is 1.07 bits per heavy atom. The Bertz CT molecular complexity index is 999. The van der Waals surface area contributed by atoms with Crippen molar-refractivity contribution in [3.63, 3.8) is 0 Å². The fourth-order valence-electron chi connectivity index (χ4n) is 3.57. The van der Waals surface area contributed by atoms with Crippen molar-refractivity contribution >= 4 is 33.0 Å². The van der Waals surface area contributed by atoms with Crippen LogP contribution in [0.2, 0.25) is 0 Å². The van der Waals surface area contributed by atoms with Gasteiger partial charge in [0, 0.05) is 32.9 Å². The molecule has 1 fully saturated rings. The van der Waals surface area contributed by atoms with E-state index in [2.05, 4.69) is 21.6 Å². The van der Waals surface area contributed by atoms with E-state index in [4.69, 9.17) is 0 Å². The van der Waals surface area contributed by atoms with Crippen LogP contribution in [0.5, 0.6) is 0 Å². The lowest BCUT2D eigenvalue weighted by molar-refractivity contribution is -0.114. The normalized spacial score (nSPS) is 14.6. The Morgan fingerprint density at radius 2 is 1.77 bits per heavy atom. The molecule has 2 N–H and O–H groups in total. The first kappa shape index (κ1) is 22.1. The second-order valence-corrected chi connectivity index (χ2v) is 9.85. The molecular formula is C22H30N4O3S. The number of amides is 1. The maximum Gasteiger partial charge on any atom is 0.243 e. The Balaban J connectivity index is 1.68. The molecule has 0 saturated carbocycles. The highest BCUT2D eigenvalue weighted by Crippen LogP contribution is 2.28. The minimum atomic E-state index is -3.58. The fourth-order valence-corrected chi connectivity index (χ4v) is 4.71. The molecule has 1 saturated heterocycles. The van der Waals surface area contributed by atoms with Crippen molar-refractivity contribution in [1.29, 1.82) is 0 Å². The largest absolute Gasteiger partial charge is 0.374 e. The fraction of sp³-hybridized carbons (Fsp3) is 0.409. The average Bonchev–Trinajstić information content (AvgIpc) is 2.74. The Labute approximate surface area is 179 Å². The highest BCUT2D eigenvalue weighted by molar-refractivity contribution is 7.89. The van der Waals surface area contributed by atoms with Crippen molar-refractivity contribution < 1.29 is 13.2 Å². The zero-order chi connectivity index (χ0) is 21.7. The molecule has 162 valence electrons. The second kappa shape index (κ2) is 9.49. The number of hydrogen-bond donors (Lipinski definition) is 2. The smallest absolute Gasteiger partial charge is 0.243 e. The monoisotopic (exact) mass is 430 g/mol. The number of rotatable bonds is 7. The summed E-state index contributed by atoms with van der Waals surface area (Å²) in [5.74, 6) is -0.236. The van der Waals surface area contributed by atoms with Crippen molar-refractivity contribution in [2.45, 2.75) is 31.1 Å². The van der Waals surface area contributed by atoms with E-state index >= 15 is 0 Å². The van der Waals surface area contributed by atoms with Crippen molar-refractivity contribution in [2.75, 3.05) is 49.3 Å². The third-order valence-corrected chi connectivity index (χ3v) is 7.23. The van der Waals surface area contributed by atoms with Crippen LogP contribution in [-0.2, 0) is 14.8 Å². The summed E-state index contributed by atoms with van der Waals surface area (Å²) < 4.78 is 26.1. The molecule has 0 aliphatic carbocycles. The Morgan fingerprint density at radius 3 is 2.47 bits per heavy atom. The molecule has 1 heterocycles. The topological polar surface area (TPSA) is 81.8 Å². The van der Waals surface area contributed by atoms with E-state index in [-0.39, 0.29) is 17.3 Å². The van der Waals surface area contributed by atoms with E-state index in [0.29, 0.717) is 11.3 Å². The van der Waals surface area contributed by atoms with Crippen LogP contribution in [0.25, 0.3) is 0 Å². The highest BCUT2D eigenvalue weighted by atomic mass is 32.2. The highest BCUT2D eigenvalue weighted by Gasteiger charge is 2.20. The van der Waals surface area contributed by atoms with Gasteiger partial charge in [0.2, 0.25) is 15.9 Å². The summed E-state index contributed by atoms with van der Waals surface area (Å²) >= 11 is 0. The summed E-state index contributed by atoms with van der Waals surface area (Å²) in [6, 6.07) is 12.9. The SMILES string of the molecule is Cc1ccc(NC(=O)CNc2ccccc2N2CCCCC2)cc1S(=O)(=O)N(C)C. The molecule has 0 spiro atoms. The summed E-state index contributed by atoms with van der Waals surface area (Å²) in [7, 11) is -0.599. The molecule has 30 heavy (non-hydrogen) atoms. The van der Waals surface area contributed by atoms with Gasteiger partial charge in [-0.05, 0) is 56.0 Å². The first-order valence-electron chi connectivity index (χ1n) is 10.2. The molecule has 7 nitrogen and oxygen atoms in total. The zero-order valence-corrected chi connectivity index (χ0v) is 18.6. The summed E-state index contributed by atoms with van der Waals surface area (Å²) in [5.41, 5.74) is 3.13. The molecule has 1 aliphatic rings. The van der Waals surface area contributed by atoms with Crippen LogP contribution in [0, 0.1) is 6.92 Å². The molecule has 1 amide bonds. The predicted molar refractivity (Wildman–Crippen MR) is 122 cm³/mol. The van der Waals surface area contributed by atoms with Gasteiger partial charge in [0.15, 0.2) is 0 Å². The Hall–Kier alpha value is -2.58. The number of benzene rings is 2. The lowest BCUT2D eigenvalue weighted by atomic mass is 10.1. The van der Waals surface area contributed by atoms with Gasteiger partial charge in [0.05, 0.1) is 22.8 Å². The van der Waals surface area contributed by atoms with Crippen molar-refractivity contribution in [3.05, 3.63) is 48.0 Å². The number of hydrogen-bond acceptors (Lipinski definition) is 5. The standard InChI is InChI=1S/C22H30N4O3S/c1-17-11-12-18(15-21(17)30(28,29)25(2)3)24-22(27)16-23-19-9-5-6-10-20(19)26-13-7-4-8-14-26/h5-6,9-12,15,23H,4,7-8,13-14,16H2,1-3H3,(H,24,27). The van der Waals surface area contributed by atoms with Crippen LogP contribution >= 0.6 is 0 Å². The average molecular weight is 431 g/mol. The molecule has 2 aromatic carbocycles. The number of nitrogens with zero attached hydrogens (tertiary/aromatic N) is 2. The number of nitrogens with one attached hydrogen (secondary N) is 2. The van der Waals surface area contributed by atoms with Crippen LogP contribution in [-0.4, -0.2) is 52.4 Å². The van der Waals surface area contributed by atoms with Gasteiger partial charge < -0.3 is 15.5 Å². The molecule has 3 rings (SSSR count). The minimum absolute atomic E-state index is 0.0918. The van der Waals surface area contributed by atoms with E-state index in [9.17, 15) is 13.2 Å². The number of sulfonamides is 1. The molecule has 1 aliphatic heterocycles. The van der Waals surface area contributed by atoms with E-state index < -0.39 is 10.0 Å². The van der Waals surface area contributed by atoms with Gasteiger partial charge in [0.25, 0.3) is 0 Å². The maximum atomic E-state index is 12.5. The van der Waals surface area contributed by atoms with Gasteiger partial charge in [-0.3, -0.25) is 4.79 Å². The molecule has 0 atom stereocenters. The number of aryl methyl sites for hydroxylation is 1. The first-order chi connectivity index (χ1) is 14.3. The second-order valence-electron chi connectivity index (χ2n) is 7.73. The van der Waals surface area contributed by atoms with Crippen LogP contribution in [0.1, 0.15) is 24.8 Å². The molecular weight excluding hydrogens is 400 g/mol. The predicted octanol–water partition coefficient (Wildman–Crippen LogP) is 3.29. The van der Waals surface area contributed by atoms with E-state index in [1.54, 1.807) is 19.1 Å². The first-order valence-corrected chi connectivity index (χ1v) is 11.6. The minimum Gasteiger partial charge on any atom is -0.374 e. The van der Waals surface area contributed by atoms with Gasteiger partial charge in [-0.25, -0.2) is 12.7 Å². The number of carbonyl (C=O) groups is 1. The molecule has 0 aromatic heterocycles. The lowest BCUT2D eigenvalue weighted by Gasteiger charge is -2.30.